The average molecular weight is 354 g/mol. The molecule has 0 spiro atoms. The summed E-state index contributed by atoms with van der Waals surface area (Å²) in [6.45, 7) is 2.39. The van der Waals surface area contributed by atoms with Crippen molar-refractivity contribution in [1.29, 1.82) is 0 Å². The second kappa shape index (κ2) is 9.48. The minimum Gasteiger partial charge on any atom is -0.309 e. The Bertz CT molecular complexity index is 669. The lowest BCUT2D eigenvalue weighted by Crippen LogP contribution is -2.48. The normalized spacial score (nSPS) is 15.7. The third-order valence-electron chi connectivity index (χ3n) is 5.09. The first-order chi connectivity index (χ1) is 12.8. The lowest BCUT2D eigenvalue weighted by molar-refractivity contribution is -0.119. The van der Waals surface area contributed by atoms with Crippen LogP contribution in [0.3, 0.4) is 0 Å². The number of hydrogen-bond donors (Lipinski definition) is 0. The number of para-hydroxylation sites is 1. The van der Waals surface area contributed by atoms with Crippen LogP contribution in [0.15, 0.2) is 60.7 Å². The molecule has 138 valence electrons. The highest BCUT2D eigenvalue weighted by molar-refractivity contribution is 5.94. The highest BCUT2D eigenvalue weighted by Gasteiger charge is 2.28. The van der Waals surface area contributed by atoms with Gasteiger partial charge in [0.1, 0.15) is 0 Å². The van der Waals surface area contributed by atoms with Crippen LogP contribution in [-0.4, -0.2) is 43.2 Å². The Morgan fingerprint density at radius 1 is 1.00 bits per heavy atom. The molecule has 26 heavy (non-hydrogen) atoms. The van der Waals surface area contributed by atoms with E-state index < -0.39 is 6.67 Å². The van der Waals surface area contributed by atoms with Crippen LogP contribution in [0.25, 0.3) is 0 Å². The number of benzene rings is 2. The van der Waals surface area contributed by atoms with E-state index in [0.29, 0.717) is 0 Å². The molecule has 3 nitrogen and oxygen atoms in total. The van der Waals surface area contributed by atoms with E-state index in [0.717, 1.165) is 44.6 Å². The summed E-state index contributed by atoms with van der Waals surface area (Å²) in [5.41, 5.74) is 2.24. The molecular formula is C22H27FN2O. The highest BCUT2D eigenvalue weighted by Crippen LogP contribution is 2.24. The smallest absolute Gasteiger partial charge is 0.229 e. The highest BCUT2D eigenvalue weighted by atomic mass is 19.1. The third kappa shape index (κ3) is 4.92. The Morgan fingerprint density at radius 2 is 1.62 bits per heavy atom. The summed E-state index contributed by atoms with van der Waals surface area (Å²) in [4.78, 5) is 16.8. The molecule has 0 bridgehead atoms. The number of likely N-dealkylation sites (tertiary alicyclic amines) is 1. The van der Waals surface area contributed by atoms with Gasteiger partial charge in [-0.2, -0.15) is 0 Å². The molecule has 1 fully saturated rings. The number of carbonyl (C=O) groups is 1. The van der Waals surface area contributed by atoms with Gasteiger partial charge in [0.15, 0.2) is 0 Å². The Balaban J connectivity index is 1.58. The van der Waals surface area contributed by atoms with Crippen molar-refractivity contribution < 1.29 is 9.18 Å². The Morgan fingerprint density at radius 3 is 2.23 bits per heavy atom. The van der Waals surface area contributed by atoms with E-state index in [1.54, 1.807) is 0 Å². The molecule has 1 heterocycles. The molecule has 4 heteroatoms. The Labute approximate surface area is 155 Å². The summed E-state index contributed by atoms with van der Waals surface area (Å²) >= 11 is 0. The van der Waals surface area contributed by atoms with Crippen molar-refractivity contribution in [3.63, 3.8) is 0 Å². The minimum atomic E-state index is -0.599. The molecule has 3 rings (SSSR count). The molecule has 0 unspecified atom stereocenters. The van der Waals surface area contributed by atoms with E-state index in [2.05, 4.69) is 29.2 Å². The largest absolute Gasteiger partial charge is 0.309 e. The molecule has 0 N–H and O–H groups in total. The molecule has 0 radical (unpaired) electrons. The van der Waals surface area contributed by atoms with Crippen molar-refractivity contribution in [3.05, 3.63) is 66.2 Å². The first-order valence-corrected chi connectivity index (χ1v) is 9.47. The van der Waals surface area contributed by atoms with E-state index in [1.807, 2.05) is 41.3 Å². The van der Waals surface area contributed by atoms with Gasteiger partial charge in [-0.15, -0.1) is 0 Å². The number of piperidine rings is 1. The number of alkyl halides is 1. The number of amides is 1. The fourth-order valence-electron chi connectivity index (χ4n) is 3.68. The van der Waals surface area contributed by atoms with Crippen LogP contribution in [0.4, 0.5) is 10.1 Å². The monoisotopic (exact) mass is 354 g/mol. The molecule has 1 aliphatic rings. The zero-order valence-corrected chi connectivity index (χ0v) is 15.2. The molecule has 1 saturated heterocycles. The van der Waals surface area contributed by atoms with Crippen molar-refractivity contribution in [2.45, 2.75) is 31.7 Å². The summed E-state index contributed by atoms with van der Waals surface area (Å²) < 4.78 is 12.8. The lowest BCUT2D eigenvalue weighted by Gasteiger charge is -2.38. The van der Waals surface area contributed by atoms with Crippen LogP contribution >= 0.6 is 0 Å². The van der Waals surface area contributed by atoms with Gasteiger partial charge in [-0.05, 0) is 37.0 Å². The number of hydrogen-bond acceptors (Lipinski definition) is 2. The van der Waals surface area contributed by atoms with Gasteiger partial charge in [0.05, 0.1) is 13.1 Å². The van der Waals surface area contributed by atoms with Gasteiger partial charge in [-0.3, -0.25) is 9.18 Å². The number of halogens is 1. The van der Waals surface area contributed by atoms with Gasteiger partial charge >= 0.3 is 0 Å². The van der Waals surface area contributed by atoms with Crippen molar-refractivity contribution in [2.75, 3.05) is 31.2 Å². The summed E-state index contributed by atoms with van der Waals surface area (Å²) in [7, 11) is 0. The molecule has 0 aliphatic carbocycles. The van der Waals surface area contributed by atoms with Gasteiger partial charge in [0.25, 0.3) is 0 Å². The van der Waals surface area contributed by atoms with Crippen LogP contribution in [-0.2, 0) is 11.2 Å². The molecule has 1 amide bonds. The molecule has 2 aromatic carbocycles. The summed E-state index contributed by atoms with van der Waals surface area (Å²) in [5, 5.41) is 0. The topological polar surface area (TPSA) is 23.6 Å². The van der Waals surface area contributed by atoms with Gasteiger partial charge < -0.3 is 9.80 Å². The fourth-order valence-corrected chi connectivity index (χ4v) is 3.68. The van der Waals surface area contributed by atoms with Crippen LogP contribution in [0, 0.1) is 0 Å². The molecular weight excluding hydrogens is 327 g/mol. The van der Waals surface area contributed by atoms with E-state index >= 15 is 0 Å². The van der Waals surface area contributed by atoms with Crippen molar-refractivity contribution in [3.8, 4) is 0 Å². The summed E-state index contributed by atoms with van der Waals surface area (Å²) in [6, 6.07) is 20.4. The average Bonchev–Trinajstić information content (AvgIpc) is 2.69. The number of anilines is 1. The predicted molar refractivity (Wildman–Crippen MR) is 104 cm³/mol. The van der Waals surface area contributed by atoms with Crippen LogP contribution in [0.1, 0.15) is 24.8 Å². The molecule has 2 aromatic rings. The second-order valence-corrected chi connectivity index (χ2v) is 6.85. The lowest BCUT2D eigenvalue weighted by atomic mass is 10.0. The van der Waals surface area contributed by atoms with Gasteiger partial charge in [0, 0.05) is 31.4 Å². The maximum absolute atomic E-state index is 12.8. The van der Waals surface area contributed by atoms with E-state index in [9.17, 15) is 9.18 Å². The second-order valence-electron chi connectivity index (χ2n) is 6.85. The number of carbonyl (C=O) groups excluding carboxylic acids is 1. The first kappa shape index (κ1) is 18.6. The van der Waals surface area contributed by atoms with Crippen LogP contribution in [0.2, 0.25) is 0 Å². The first-order valence-electron chi connectivity index (χ1n) is 9.47. The van der Waals surface area contributed by atoms with Crippen molar-refractivity contribution >= 4 is 11.6 Å². The quantitative estimate of drug-likeness (QED) is 0.748. The predicted octanol–water partition coefficient (Wildman–Crippen LogP) is 4.09. The maximum atomic E-state index is 12.8. The third-order valence-corrected chi connectivity index (χ3v) is 5.09. The molecule has 0 aromatic heterocycles. The Kier molecular flexibility index (Phi) is 6.78. The zero-order chi connectivity index (χ0) is 18.2. The zero-order valence-electron chi connectivity index (χ0n) is 15.2. The molecule has 1 aliphatic heterocycles. The number of rotatable bonds is 7. The molecule has 0 saturated carbocycles. The van der Waals surface area contributed by atoms with E-state index in [1.165, 1.54) is 5.56 Å². The summed E-state index contributed by atoms with van der Waals surface area (Å²) in [6.07, 6.45) is 2.88. The fraction of sp³-hybridized carbons (Fsp3) is 0.409. The standard InChI is InChI=1S/C22H27FN2O/c23-15-11-22(26)25(20-9-5-2-6-10-20)21-13-17-24(18-14-21)16-12-19-7-3-1-4-8-19/h1-10,21H,11-18H2. The van der Waals surface area contributed by atoms with E-state index in [4.69, 9.17) is 0 Å². The van der Waals surface area contributed by atoms with Gasteiger partial charge in [-0.1, -0.05) is 48.5 Å². The van der Waals surface area contributed by atoms with Gasteiger partial charge in [0.2, 0.25) is 5.91 Å². The number of nitrogens with zero attached hydrogens (tertiary/aromatic N) is 2. The van der Waals surface area contributed by atoms with E-state index in [-0.39, 0.29) is 18.4 Å². The minimum absolute atomic E-state index is 0.0386. The maximum Gasteiger partial charge on any atom is 0.229 e. The van der Waals surface area contributed by atoms with Crippen LogP contribution < -0.4 is 4.90 Å². The Hall–Kier alpha value is -2.20. The van der Waals surface area contributed by atoms with Gasteiger partial charge in [-0.25, -0.2) is 0 Å². The van der Waals surface area contributed by atoms with Crippen molar-refractivity contribution in [2.24, 2.45) is 0 Å². The van der Waals surface area contributed by atoms with Crippen LogP contribution in [0.5, 0.6) is 0 Å². The SMILES string of the molecule is O=C(CCF)N(c1ccccc1)C1CCN(CCc2ccccc2)CC1. The molecule has 0 atom stereocenters. The van der Waals surface area contributed by atoms with Crippen molar-refractivity contribution in [1.82, 2.24) is 4.90 Å². The summed E-state index contributed by atoms with van der Waals surface area (Å²) in [5.74, 6) is -0.110.